The van der Waals surface area contributed by atoms with E-state index in [0.717, 1.165) is 29.2 Å². The fourth-order valence-electron chi connectivity index (χ4n) is 1.76. The van der Waals surface area contributed by atoms with Gasteiger partial charge in [-0.2, -0.15) is 0 Å². The molecule has 0 amide bonds. The molecule has 0 atom stereocenters. The van der Waals surface area contributed by atoms with Crippen LogP contribution in [0.4, 0.5) is 0 Å². The van der Waals surface area contributed by atoms with E-state index >= 15 is 0 Å². The summed E-state index contributed by atoms with van der Waals surface area (Å²) in [5.74, 6) is 2.39. The maximum absolute atomic E-state index is 5.87. The minimum absolute atomic E-state index is 0.610. The molecule has 0 saturated carbocycles. The smallest absolute Gasteiger partial charge is 0.131 e. The second-order valence-electron chi connectivity index (χ2n) is 3.93. The highest BCUT2D eigenvalue weighted by Gasteiger charge is 2.04. The highest BCUT2D eigenvalue weighted by atomic mass is 16.5. The van der Waals surface area contributed by atoms with E-state index in [-0.39, 0.29) is 0 Å². The summed E-state index contributed by atoms with van der Waals surface area (Å²) in [4.78, 5) is 0. The fourth-order valence-corrected chi connectivity index (χ4v) is 1.76. The van der Waals surface area contributed by atoms with E-state index in [1.807, 2.05) is 48.5 Å². The average molecular weight is 243 g/mol. The van der Waals surface area contributed by atoms with Gasteiger partial charge in [0.1, 0.15) is 17.2 Å². The standard InChI is InChI=1S/C15H17NO2/c1-17-13-6-4-7-14(11-13)18-15-8-3-2-5-12(15)9-10-16/h2-8,11H,9-10,16H2,1H3. The molecule has 0 aliphatic carbocycles. The molecule has 0 aliphatic rings. The third-order valence-corrected chi connectivity index (χ3v) is 2.66. The van der Waals surface area contributed by atoms with Gasteiger partial charge in [0.25, 0.3) is 0 Å². The van der Waals surface area contributed by atoms with E-state index < -0.39 is 0 Å². The maximum Gasteiger partial charge on any atom is 0.131 e. The minimum atomic E-state index is 0.610. The summed E-state index contributed by atoms with van der Waals surface area (Å²) in [6.45, 7) is 0.610. The van der Waals surface area contributed by atoms with Gasteiger partial charge >= 0.3 is 0 Å². The second-order valence-corrected chi connectivity index (χ2v) is 3.93. The summed E-state index contributed by atoms with van der Waals surface area (Å²) in [6.07, 6.45) is 0.806. The number of hydrogen-bond acceptors (Lipinski definition) is 3. The first-order chi connectivity index (χ1) is 8.83. The molecule has 0 spiro atoms. The molecule has 0 heterocycles. The zero-order chi connectivity index (χ0) is 12.8. The Balaban J connectivity index is 2.22. The molecular formula is C15H17NO2. The molecule has 3 nitrogen and oxygen atoms in total. The number of nitrogens with two attached hydrogens (primary N) is 1. The SMILES string of the molecule is COc1cccc(Oc2ccccc2CCN)c1. The largest absolute Gasteiger partial charge is 0.497 e. The Kier molecular flexibility index (Phi) is 4.20. The van der Waals surface area contributed by atoms with Crippen LogP contribution >= 0.6 is 0 Å². The van der Waals surface area contributed by atoms with Gasteiger partial charge in [0, 0.05) is 6.07 Å². The molecular weight excluding hydrogens is 226 g/mol. The van der Waals surface area contributed by atoms with Crippen LogP contribution < -0.4 is 15.2 Å². The lowest BCUT2D eigenvalue weighted by atomic mass is 10.1. The van der Waals surface area contributed by atoms with Crippen LogP contribution in [0.25, 0.3) is 0 Å². The van der Waals surface area contributed by atoms with Gasteiger partial charge in [0.15, 0.2) is 0 Å². The van der Waals surface area contributed by atoms with Gasteiger partial charge in [-0.25, -0.2) is 0 Å². The molecule has 2 aromatic rings. The van der Waals surface area contributed by atoms with E-state index in [0.29, 0.717) is 6.54 Å². The van der Waals surface area contributed by atoms with Crippen molar-refractivity contribution in [3.8, 4) is 17.2 Å². The van der Waals surface area contributed by atoms with Gasteiger partial charge in [-0.15, -0.1) is 0 Å². The van der Waals surface area contributed by atoms with E-state index in [4.69, 9.17) is 15.2 Å². The predicted molar refractivity (Wildman–Crippen MR) is 72.3 cm³/mol. The minimum Gasteiger partial charge on any atom is -0.497 e. The van der Waals surface area contributed by atoms with Gasteiger partial charge in [-0.3, -0.25) is 0 Å². The molecule has 94 valence electrons. The van der Waals surface area contributed by atoms with Crippen molar-refractivity contribution in [2.45, 2.75) is 6.42 Å². The number of ether oxygens (including phenoxy) is 2. The number of para-hydroxylation sites is 1. The van der Waals surface area contributed by atoms with Gasteiger partial charge in [0.2, 0.25) is 0 Å². The second kappa shape index (κ2) is 6.07. The number of methoxy groups -OCH3 is 1. The van der Waals surface area contributed by atoms with Crippen LogP contribution in [0.5, 0.6) is 17.2 Å². The van der Waals surface area contributed by atoms with Crippen LogP contribution in [0.15, 0.2) is 48.5 Å². The van der Waals surface area contributed by atoms with Crippen molar-refractivity contribution in [3.63, 3.8) is 0 Å². The zero-order valence-corrected chi connectivity index (χ0v) is 10.4. The Morgan fingerprint density at radius 1 is 1.00 bits per heavy atom. The fraction of sp³-hybridized carbons (Fsp3) is 0.200. The molecule has 0 fully saturated rings. The lowest BCUT2D eigenvalue weighted by Gasteiger charge is -2.11. The van der Waals surface area contributed by atoms with E-state index in [1.165, 1.54) is 0 Å². The van der Waals surface area contributed by atoms with E-state index in [2.05, 4.69) is 0 Å². The number of rotatable bonds is 5. The molecule has 2 aromatic carbocycles. The maximum atomic E-state index is 5.87. The summed E-state index contributed by atoms with van der Waals surface area (Å²) in [7, 11) is 1.64. The van der Waals surface area contributed by atoms with Crippen molar-refractivity contribution in [2.24, 2.45) is 5.73 Å². The van der Waals surface area contributed by atoms with Crippen molar-refractivity contribution >= 4 is 0 Å². The Morgan fingerprint density at radius 2 is 1.78 bits per heavy atom. The molecule has 0 aromatic heterocycles. The first-order valence-corrected chi connectivity index (χ1v) is 5.93. The highest BCUT2D eigenvalue weighted by molar-refractivity contribution is 5.40. The molecule has 18 heavy (non-hydrogen) atoms. The molecule has 0 radical (unpaired) electrons. The Labute approximate surface area is 107 Å². The molecule has 0 unspecified atom stereocenters. The lowest BCUT2D eigenvalue weighted by Crippen LogP contribution is -2.03. The molecule has 0 saturated heterocycles. The molecule has 2 N–H and O–H groups in total. The monoisotopic (exact) mass is 243 g/mol. The van der Waals surface area contributed by atoms with Gasteiger partial charge in [-0.05, 0) is 36.7 Å². The van der Waals surface area contributed by atoms with Gasteiger partial charge < -0.3 is 15.2 Å². The van der Waals surface area contributed by atoms with E-state index in [9.17, 15) is 0 Å². The molecule has 2 rings (SSSR count). The first kappa shape index (κ1) is 12.5. The third-order valence-electron chi connectivity index (χ3n) is 2.66. The number of benzene rings is 2. The van der Waals surface area contributed by atoms with Gasteiger partial charge in [-0.1, -0.05) is 24.3 Å². The summed E-state index contributed by atoms with van der Waals surface area (Å²) in [5, 5.41) is 0. The topological polar surface area (TPSA) is 44.5 Å². The van der Waals surface area contributed by atoms with Crippen LogP contribution in [0, 0.1) is 0 Å². The van der Waals surface area contributed by atoms with Crippen LogP contribution in [-0.2, 0) is 6.42 Å². The Morgan fingerprint density at radius 3 is 2.56 bits per heavy atom. The van der Waals surface area contributed by atoms with Crippen molar-refractivity contribution in [3.05, 3.63) is 54.1 Å². The zero-order valence-electron chi connectivity index (χ0n) is 10.4. The van der Waals surface area contributed by atoms with Crippen LogP contribution in [-0.4, -0.2) is 13.7 Å². The summed E-state index contributed by atoms with van der Waals surface area (Å²) in [5.41, 5.74) is 6.71. The van der Waals surface area contributed by atoms with Crippen molar-refractivity contribution < 1.29 is 9.47 Å². The third kappa shape index (κ3) is 3.02. The van der Waals surface area contributed by atoms with Crippen molar-refractivity contribution in [2.75, 3.05) is 13.7 Å². The lowest BCUT2D eigenvalue weighted by molar-refractivity contribution is 0.408. The van der Waals surface area contributed by atoms with E-state index in [1.54, 1.807) is 7.11 Å². The average Bonchev–Trinajstić information content (AvgIpc) is 2.41. The predicted octanol–water partition coefficient (Wildman–Crippen LogP) is 2.99. The Hall–Kier alpha value is -2.00. The van der Waals surface area contributed by atoms with Crippen molar-refractivity contribution in [1.29, 1.82) is 0 Å². The molecule has 0 bridgehead atoms. The quantitative estimate of drug-likeness (QED) is 0.878. The number of hydrogen-bond donors (Lipinski definition) is 1. The normalized spacial score (nSPS) is 10.1. The van der Waals surface area contributed by atoms with Crippen LogP contribution in [0.3, 0.4) is 0 Å². The highest BCUT2D eigenvalue weighted by Crippen LogP contribution is 2.27. The summed E-state index contributed by atoms with van der Waals surface area (Å²) < 4.78 is 11.0. The van der Waals surface area contributed by atoms with Crippen molar-refractivity contribution in [1.82, 2.24) is 0 Å². The summed E-state index contributed by atoms with van der Waals surface area (Å²) >= 11 is 0. The van der Waals surface area contributed by atoms with Crippen LogP contribution in [0.2, 0.25) is 0 Å². The molecule has 3 heteroatoms. The first-order valence-electron chi connectivity index (χ1n) is 5.93. The summed E-state index contributed by atoms with van der Waals surface area (Å²) in [6, 6.07) is 15.5. The van der Waals surface area contributed by atoms with Crippen LogP contribution in [0.1, 0.15) is 5.56 Å². The molecule has 0 aliphatic heterocycles. The van der Waals surface area contributed by atoms with Gasteiger partial charge in [0.05, 0.1) is 7.11 Å². The Bertz CT molecular complexity index is 511.